The van der Waals surface area contributed by atoms with E-state index < -0.39 is 29.5 Å². The van der Waals surface area contributed by atoms with E-state index in [9.17, 15) is 24.9 Å². The third-order valence-corrected chi connectivity index (χ3v) is 9.88. The zero-order valence-corrected chi connectivity index (χ0v) is 18.7. The minimum Gasteiger partial charge on any atom is -0.393 e. The lowest BCUT2D eigenvalue weighted by Crippen LogP contribution is -2.63. The summed E-state index contributed by atoms with van der Waals surface area (Å²) in [5.41, 5.74) is -1.26. The van der Waals surface area contributed by atoms with Gasteiger partial charge in [0, 0.05) is 11.8 Å². The van der Waals surface area contributed by atoms with Gasteiger partial charge in [-0.15, -0.1) is 0 Å². The highest BCUT2D eigenvalue weighted by Gasteiger charge is 2.68. The van der Waals surface area contributed by atoms with Crippen molar-refractivity contribution in [3.8, 4) is 0 Å². The molecule has 4 aliphatic rings. The van der Waals surface area contributed by atoms with Crippen LogP contribution in [-0.2, 0) is 9.59 Å². The topological polar surface area (TPSA) is 94.8 Å². The summed E-state index contributed by atoms with van der Waals surface area (Å²) in [6, 6.07) is 0. The van der Waals surface area contributed by atoms with E-state index in [-0.39, 0.29) is 34.9 Å². The number of hydrogen-bond donors (Lipinski definition) is 3. The standard InChI is InChI=1S/C25H38O5/c1-4-5-6-15-11-17(27)12-16-7-8-18-19-9-10-25(30,21(29)14-26)23(19,2)13-20(28)22(18)24(15,16)3/h12,15,18-20,22,26,28,30H,4-11,13-14H2,1-3H3/t15?,18-,19-,20-,22+,23-,24-,25-/m0/s1. The number of ketones is 2. The molecule has 0 aromatic rings. The van der Waals surface area contributed by atoms with Crippen molar-refractivity contribution in [2.24, 2.45) is 34.5 Å². The Labute approximate surface area is 179 Å². The van der Waals surface area contributed by atoms with Gasteiger partial charge < -0.3 is 15.3 Å². The second-order valence-electron chi connectivity index (χ2n) is 11.0. The number of carbonyl (C=O) groups excluding carboxylic acids is 2. The maximum absolute atomic E-state index is 12.5. The fraction of sp³-hybridized carbons (Fsp3) is 0.840. The highest BCUT2D eigenvalue weighted by molar-refractivity contribution is 5.92. The van der Waals surface area contributed by atoms with Crippen LogP contribution in [0, 0.1) is 34.5 Å². The first-order valence-electron chi connectivity index (χ1n) is 11.9. The summed E-state index contributed by atoms with van der Waals surface area (Å²) in [5.74, 6) is 0.381. The molecule has 0 saturated heterocycles. The summed E-state index contributed by atoms with van der Waals surface area (Å²) >= 11 is 0. The van der Waals surface area contributed by atoms with Crippen molar-refractivity contribution >= 4 is 11.6 Å². The molecule has 4 aliphatic carbocycles. The van der Waals surface area contributed by atoms with Crippen LogP contribution >= 0.6 is 0 Å². The van der Waals surface area contributed by atoms with Gasteiger partial charge in [0.05, 0.1) is 6.10 Å². The number of carbonyl (C=O) groups is 2. The summed E-state index contributed by atoms with van der Waals surface area (Å²) in [7, 11) is 0. The van der Waals surface area contributed by atoms with Crippen LogP contribution < -0.4 is 0 Å². The molecule has 0 aliphatic heterocycles. The Hall–Kier alpha value is -1.04. The average molecular weight is 419 g/mol. The van der Waals surface area contributed by atoms with E-state index in [2.05, 4.69) is 13.8 Å². The summed E-state index contributed by atoms with van der Waals surface area (Å²) in [4.78, 5) is 25.0. The molecule has 5 nitrogen and oxygen atoms in total. The summed E-state index contributed by atoms with van der Waals surface area (Å²) < 4.78 is 0. The second-order valence-corrected chi connectivity index (χ2v) is 11.0. The number of aliphatic hydroxyl groups is 3. The largest absolute Gasteiger partial charge is 0.393 e. The van der Waals surface area contributed by atoms with Gasteiger partial charge in [-0.1, -0.05) is 39.2 Å². The van der Waals surface area contributed by atoms with Gasteiger partial charge in [0.15, 0.2) is 11.6 Å². The lowest BCUT2D eigenvalue weighted by molar-refractivity contribution is -0.186. The van der Waals surface area contributed by atoms with Gasteiger partial charge >= 0.3 is 0 Å². The van der Waals surface area contributed by atoms with E-state index in [1.807, 2.05) is 13.0 Å². The Bertz CT molecular complexity index is 759. The van der Waals surface area contributed by atoms with Gasteiger partial charge in [0.25, 0.3) is 0 Å². The van der Waals surface area contributed by atoms with Crippen LogP contribution in [0.1, 0.15) is 78.6 Å². The number of Topliss-reactive ketones (excluding diaryl/α,β-unsaturated/α-hetero) is 1. The molecule has 8 atom stereocenters. The molecule has 4 rings (SSSR count). The van der Waals surface area contributed by atoms with Crippen LogP contribution in [0.5, 0.6) is 0 Å². The fourth-order valence-corrected chi connectivity index (χ4v) is 8.32. The molecule has 3 saturated carbocycles. The molecule has 0 radical (unpaired) electrons. The Morgan fingerprint density at radius 3 is 2.67 bits per heavy atom. The van der Waals surface area contributed by atoms with Gasteiger partial charge in [-0.3, -0.25) is 9.59 Å². The van der Waals surface area contributed by atoms with Gasteiger partial charge in [-0.25, -0.2) is 0 Å². The molecular weight excluding hydrogens is 380 g/mol. The van der Waals surface area contributed by atoms with E-state index in [0.29, 0.717) is 19.3 Å². The van der Waals surface area contributed by atoms with Crippen molar-refractivity contribution in [2.45, 2.75) is 90.3 Å². The van der Waals surface area contributed by atoms with Crippen LogP contribution in [-0.4, -0.2) is 45.2 Å². The number of allylic oxidation sites excluding steroid dienone is 1. The van der Waals surface area contributed by atoms with Crippen LogP contribution in [0.4, 0.5) is 0 Å². The minimum atomic E-state index is -1.56. The number of unbranched alkanes of at least 4 members (excludes halogenated alkanes) is 1. The van der Waals surface area contributed by atoms with E-state index in [4.69, 9.17) is 0 Å². The normalized spacial score (nSPS) is 47.9. The van der Waals surface area contributed by atoms with Crippen LogP contribution in [0.2, 0.25) is 0 Å². The Morgan fingerprint density at radius 1 is 1.27 bits per heavy atom. The molecule has 0 amide bonds. The lowest BCUT2D eigenvalue weighted by Gasteiger charge is -2.62. The van der Waals surface area contributed by atoms with Crippen molar-refractivity contribution < 1.29 is 24.9 Å². The molecule has 5 heteroatoms. The zero-order valence-electron chi connectivity index (χ0n) is 18.7. The zero-order chi connectivity index (χ0) is 21.9. The molecule has 0 aromatic carbocycles. The van der Waals surface area contributed by atoms with Crippen molar-refractivity contribution in [3.63, 3.8) is 0 Å². The second kappa shape index (κ2) is 7.53. The van der Waals surface area contributed by atoms with E-state index in [0.717, 1.165) is 38.5 Å². The lowest BCUT2D eigenvalue weighted by atomic mass is 9.43. The molecule has 0 bridgehead atoms. The van der Waals surface area contributed by atoms with Gasteiger partial charge in [0.1, 0.15) is 12.2 Å². The molecule has 0 aromatic heterocycles. The molecule has 1 unspecified atom stereocenters. The molecule has 0 spiro atoms. The summed E-state index contributed by atoms with van der Waals surface area (Å²) in [6.45, 7) is 5.74. The van der Waals surface area contributed by atoms with Crippen LogP contribution in [0.25, 0.3) is 0 Å². The quantitative estimate of drug-likeness (QED) is 0.637. The van der Waals surface area contributed by atoms with Crippen LogP contribution in [0.3, 0.4) is 0 Å². The molecular formula is C25H38O5. The maximum atomic E-state index is 12.5. The third kappa shape index (κ3) is 2.84. The van der Waals surface area contributed by atoms with Gasteiger partial charge in [-0.05, 0) is 73.7 Å². The van der Waals surface area contributed by atoms with Crippen molar-refractivity contribution in [3.05, 3.63) is 11.6 Å². The molecule has 168 valence electrons. The van der Waals surface area contributed by atoms with Crippen molar-refractivity contribution in [1.29, 1.82) is 0 Å². The van der Waals surface area contributed by atoms with Crippen LogP contribution in [0.15, 0.2) is 11.6 Å². The van der Waals surface area contributed by atoms with Gasteiger partial charge in [-0.2, -0.15) is 0 Å². The molecule has 3 N–H and O–H groups in total. The van der Waals surface area contributed by atoms with Crippen molar-refractivity contribution in [1.82, 2.24) is 0 Å². The summed E-state index contributed by atoms with van der Waals surface area (Å²) in [6.07, 6.45) is 8.20. The smallest absolute Gasteiger partial charge is 0.190 e. The third-order valence-electron chi connectivity index (χ3n) is 9.88. The first-order chi connectivity index (χ1) is 14.1. The predicted molar refractivity (Wildman–Crippen MR) is 114 cm³/mol. The number of rotatable bonds is 5. The Balaban J connectivity index is 1.74. The minimum absolute atomic E-state index is 0.0529. The number of hydrogen-bond acceptors (Lipinski definition) is 5. The SMILES string of the molecule is CCCCC1CC(=O)C=C2CC[C@@H]3[C@H]([C@@H](O)C[C@@]4(C)[C@H]3CC[C@]4(O)C(=O)CO)[C@]21C. The van der Waals surface area contributed by atoms with E-state index >= 15 is 0 Å². The first-order valence-corrected chi connectivity index (χ1v) is 11.9. The monoisotopic (exact) mass is 418 g/mol. The van der Waals surface area contributed by atoms with Gasteiger partial charge in [0.2, 0.25) is 0 Å². The maximum Gasteiger partial charge on any atom is 0.190 e. The first kappa shape index (κ1) is 22.2. The molecule has 0 heterocycles. The van der Waals surface area contributed by atoms with Crippen molar-refractivity contribution in [2.75, 3.05) is 6.61 Å². The Kier molecular flexibility index (Phi) is 5.56. The average Bonchev–Trinajstić information content (AvgIpc) is 2.97. The summed E-state index contributed by atoms with van der Waals surface area (Å²) in [5, 5.41) is 32.4. The number of aliphatic hydroxyl groups excluding tert-OH is 2. The Morgan fingerprint density at radius 2 is 2.00 bits per heavy atom. The van der Waals surface area contributed by atoms with E-state index in [1.165, 1.54) is 5.57 Å². The van der Waals surface area contributed by atoms with E-state index in [1.54, 1.807) is 0 Å². The fourth-order valence-electron chi connectivity index (χ4n) is 8.32. The highest BCUT2D eigenvalue weighted by Crippen LogP contribution is 2.68. The highest BCUT2D eigenvalue weighted by atomic mass is 16.3. The molecule has 30 heavy (non-hydrogen) atoms. The molecule has 3 fully saturated rings. The predicted octanol–water partition coefficient (Wildman–Crippen LogP) is 3.20. The number of fused-ring (bicyclic) bond motifs is 5.